The van der Waals surface area contributed by atoms with Crippen LogP contribution in [0, 0.1) is 0 Å². The van der Waals surface area contributed by atoms with E-state index in [2.05, 4.69) is 21.7 Å². The van der Waals surface area contributed by atoms with Crippen LogP contribution < -0.4 is 20.1 Å². The molecule has 4 rings (SSSR count). The number of rotatable bonds is 8. The van der Waals surface area contributed by atoms with Gasteiger partial charge < -0.3 is 24.8 Å². The number of nitrogens with one attached hydrogen (secondary N) is 2. The van der Waals surface area contributed by atoms with Crippen molar-refractivity contribution in [2.75, 3.05) is 20.8 Å². The number of carbonyl (C=O) groups excluding carboxylic acids is 2. The fourth-order valence-corrected chi connectivity index (χ4v) is 4.23. The van der Waals surface area contributed by atoms with Crippen molar-refractivity contribution in [2.24, 2.45) is 4.99 Å². The molecule has 2 N–H and O–H groups in total. The number of benzene rings is 3. The Morgan fingerprint density at radius 3 is 2.50 bits per heavy atom. The highest BCUT2D eigenvalue weighted by atomic mass is 16.6. The van der Waals surface area contributed by atoms with Gasteiger partial charge in [-0.2, -0.15) is 0 Å². The van der Waals surface area contributed by atoms with E-state index in [0.717, 1.165) is 33.6 Å². The first kappa shape index (κ1) is 26.7. The van der Waals surface area contributed by atoms with Crippen LogP contribution >= 0.6 is 0 Å². The van der Waals surface area contributed by atoms with E-state index in [1.807, 2.05) is 54.7 Å². The summed E-state index contributed by atoms with van der Waals surface area (Å²) in [7, 11) is 3.22. The Balaban J connectivity index is 1.57. The lowest BCUT2D eigenvalue weighted by Crippen LogP contribution is -2.40. The third-order valence-electron chi connectivity index (χ3n) is 6.05. The summed E-state index contributed by atoms with van der Waals surface area (Å²) in [6.45, 7) is 6.12. The molecule has 1 atom stereocenters. The van der Waals surface area contributed by atoms with Crippen LogP contribution in [0.2, 0.25) is 0 Å². The van der Waals surface area contributed by atoms with E-state index in [1.54, 1.807) is 41.1 Å². The second-order valence-corrected chi connectivity index (χ2v) is 9.98. The van der Waals surface area contributed by atoms with Crippen LogP contribution in [-0.2, 0) is 11.3 Å². The minimum Gasteiger partial charge on any atom is -0.497 e. The van der Waals surface area contributed by atoms with Crippen molar-refractivity contribution in [1.29, 1.82) is 0 Å². The Kier molecular flexibility index (Phi) is 8.00. The zero-order chi connectivity index (χ0) is 27.3. The number of amides is 2. The lowest BCUT2D eigenvalue weighted by Gasteiger charge is -2.23. The second kappa shape index (κ2) is 11.4. The molecule has 0 saturated heterocycles. The Hall–Kier alpha value is -4.33. The van der Waals surface area contributed by atoms with Crippen LogP contribution in [0.15, 0.2) is 65.7 Å². The van der Waals surface area contributed by atoms with Crippen molar-refractivity contribution in [3.8, 4) is 22.6 Å². The topological polar surface area (TPSA) is 98.2 Å². The van der Waals surface area contributed by atoms with Crippen LogP contribution in [0.5, 0.6) is 11.5 Å². The largest absolute Gasteiger partial charge is 0.497 e. The molecule has 0 aromatic heterocycles. The van der Waals surface area contributed by atoms with Gasteiger partial charge in [-0.15, -0.1) is 0 Å². The molecular weight excluding hydrogens is 482 g/mol. The summed E-state index contributed by atoms with van der Waals surface area (Å²) < 4.78 is 16.3. The third-order valence-corrected chi connectivity index (χ3v) is 6.05. The number of carbonyl (C=O) groups is 2. The number of aliphatic imine (C=N–C) groups is 1. The fraction of sp³-hybridized carbons (Fsp3) is 0.300. The minimum absolute atomic E-state index is 0.134. The van der Waals surface area contributed by atoms with Crippen molar-refractivity contribution in [3.05, 3.63) is 82.9 Å². The highest BCUT2D eigenvalue weighted by Crippen LogP contribution is 2.33. The molecule has 8 heteroatoms. The van der Waals surface area contributed by atoms with Crippen molar-refractivity contribution in [1.82, 2.24) is 10.6 Å². The molecule has 8 nitrogen and oxygen atoms in total. The van der Waals surface area contributed by atoms with Crippen LogP contribution in [-0.4, -0.2) is 44.6 Å². The molecule has 3 aromatic rings. The number of hydrogen-bond acceptors (Lipinski definition) is 6. The highest BCUT2D eigenvalue weighted by molar-refractivity contribution is 5.96. The first-order valence-corrected chi connectivity index (χ1v) is 12.4. The zero-order valence-corrected chi connectivity index (χ0v) is 22.3. The normalized spacial score (nSPS) is 12.9. The van der Waals surface area contributed by atoms with Gasteiger partial charge in [0.1, 0.15) is 17.1 Å². The minimum atomic E-state index is -0.634. The number of nitrogens with zero attached hydrogens (tertiary/aromatic N) is 1. The molecule has 1 aliphatic rings. The number of fused-ring (bicyclic) bond motifs is 1. The summed E-state index contributed by atoms with van der Waals surface area (Å²) in [5, 5.41) is 5.81. The van der Waals surface area contributed by atoms with Crippen molar-refractivity contribution in [3.63, 3.8) is 0 Å². The monoisotopic (exact) mass is 515 g/mol. The van der Waals surface area contributed by atoms with Gasteiger partial charge in [0.25, 0.3) is 5.91 Å². The molecule has 0 radical (unpaired) electrons. The lowest BCUT2D eigenvalue weighted by atomic mass is 9.97. The summed E-state index contributed by atoms with van der Waals surface area (Å²) in [5.74, 6) is 1.15. The molecule has 0 aliphatic carbocycles. The van der Waals surface area contributed by atoms with Crippen LogP contribution in [0.1, 0.15) is 53.9 Å². The van der Waals surface area contributed by atoms with Gasteiger partial charge in [-0.3, -0.25) is 9.79 Å². The lowest BCUT2D eigenvalue weighted by molar-refractivity contribution is 0.0520. The molecule has 1 unspecified atom stereocenters. The zero-order valence-electron chi connectivity index (χ0n) is 22.3. The van der Waals surface area contributed by atoms with Crippen molar-refractivity contribution < 1.29 is 23.8 Å². The number of hydrogen-bond donors (Lipinski definition) is 2. The van der Waals surface area contributed by atoms with E-state index in [0.29, 0.717) is 17.9 Å². The Bertz CT molecular complexity index is 1360. The second-order valence-electron chi connectivity index (χ2n) is 9.98. The Morgan fingerprint density at radius 2 is 1.76 bits per heavy atom. The third kappa shape index (κ3) is 6.51. The van der Waals surface area contributed by atoms with Gasteiger partial charge in [-0.1, -0.05) is 24.3 Å². The van der Waals surface area contributed by atoms with Crippen LogP contribution in [0.3, 0.4) is 0 Å². The molecule has 38 heavy (non-hydrogen) atoms. The van der Waals surface area contributed by atoms with E-state index in [9.17, 15) is 9.59 Å². The van der Waals surface area contributed by atoms with Gasteiger partial charge in [0.05, 0.1) is 26.8 Å². The van der Waals surface area contributed by atoms with Crippen LogP contribution in [0.25, 0.3) is 11.1 Å². The van der Waals surface area contributed by atoms with Gasteiger partial charge >= 0.3 is 6.09 Å². The smallest absolute Gasteiger partial charge is 0.407 e. The van der Waals surface area contributed by atoms with Gasteiger partial charge in [0, 0.05) is 29.4 Å². The van der Waals surface area contributed by atoms with E-state index in [4.69, 9.17) is 14.2 Å². The summed E-state index contributed by atoms with van der Waals surface area (Å²) in [6.07, 6.45) is 1.28. The standard InChI is InChI=1S/C30H33N3O5/c1-30(2,3)38-29(35)32-18-26(20-9-7-11-24(14-20)36-4)33-28(34)21-10-6-8-19(12-21)22-13-23-16-31-17-25(23)27(15-22)37-5/h6-16,26H,17-18H2,1-5H3,(H,32,35)(H,33,34). The molecule has 0 saturated carbocycles. The maximum atomic E-state index is 13.4. The summed E-state index contributed by atoms with van der Waals surface area (Å²) in [5.41, 5.74) is 4.52. The fourth-order valence-electron chi connectivity index (χ4n) is 4.23. The Morgan fingerprint density at radius 1 is 0.974 bits per heavy atom. The van der Waals surface area contributed by atoms with Crippen molar-refractivity contribution in [2.45, 2.75) is 39.0 Å². The summed E-state index contributed by atoms with van der Waals surface area (Å²) in [6, 6.07) is 18.3. The average Bonchev–Trinajstić information content (AvgIpc) is 3.38. The van der Waals surface area contributed by atoms with Gasteiger partial charge in [-0.05, 0) is 73.9 Å². The van der Waals surface area contributed by atoms with E-state index >= 15 is 0 Å². The van der Waals surface area contributed by atoms with Gasteiger partial charge in [0.2, 0.25) is 0 Å². The molecule has 0 fully saturated rings. The highest BCUT2D eigenvalue weighted by Gasteiger charge is 2.21. The Labute approximate surface area is 223 Å². The first-order chi connectivity index (χ1) is 18.2. The first-order valence-electron chi connectivity index (χ1n) is 12.4. The molecule has 0 spiro atoms. The molecule has 0 bridgehead atoms. The molecule has 198 valence electrons. The maximum Gasteiger partial charge on any atom is 0.407 e. The predicted octanol–water partition coefficient (Wildman–Crippen LogP) is 5.30. The van der Waals surface area contributed by atoms with E-state index in [1.165, 1.54) is 0 Å². The summed E-state index contributed by atoms with van der Waals surface area (Å²) >= 11 is 0. The molecule has 1 aliphatic heterocycles. The van der Waals surface area contributed by atoms with Gasteiger partial charge in [0.15, 0.2) is 0 Å². The summed E-state index contributed by atoms with van der Waals surface area (Å²) in [4.78, 5) is 30.1. The van der Waals surface area contributed by atoms with E-state index in [-0.39, 0.29) is 12.5 Å². The van der Waals surface area contributed by atoms with Gasteiger partial charge in [-0.25, -0.2) is 4.79 Å². The number of ether oxygens (including phenoxy) is 3. The van der Waals surface area contributed by atoms with Crippen molar-refractivity contribution >= 4 is 18.2 Å². The average molecular weight is 516 g/mol. The molecule has 1 heterocycles. The quantitative estimate of drug-likeness (QED) is 0.424. The SMILES string of the molecule is COc1cccc(C(CNC(=O)OC(C)(C)C)NC(=O)c2cccc(-c3cc4c(c(OC)c3)CN=C4)c2)c1. The number of alkyl carbamates (subject to hydrolysis) is 1. The predicted molar refractivity (Wildman–Crippen MR) is 147 cm³/mol. The molecule has 3 aromatic carbocycles. The maximum absolute atomic E-state index is 13.4. The molecule has 2 amide bonds. The van der Waals surface area contributed by atoms with E-state index < -0.39 is 17.7 Å². The van der Waals surface area contributed by atoms with Crippen LogP contribution in [0.4, 0.5) is 4.79 Å². The number of methoxy groups -OCH3 is 2. The molecular formula is C30H33N3O5.